The van der Waals surface area contributed by atoms with E-state index in [1.54, 1.807) is 26.8 Å². The molecule has 1 amide bonds. The van der Waals surface area contributed by atoms with Crippen LogP contribution in [-0.4, -0.2) is 34.0 Å². The SMILES string of the molecule is CCCCCCOC(=O)Nc1ccc2nc(CCCC)n(Cc3ccc(-c4ccccc4OC(=O)OC(C)(C)C)cc3)c2c1. The first-order chi connectivity index (χ1) is 21.2. The zero-order valence-corrected chi connectivity index (χ0v) is 26.7. The van der Waals surface area contributed by atoms with E-state index in [2.05, 4.69) is 35.9 Å². The zero-order valence-electron chi connectivity index (χ0n) is 26.7. The van der Waals surface area contributed by atoms with Crippen LogP contribution in [0.15, 0.2) is 66.7 Å². The summed E-state index contributed by atoms with van der Waals surface area (Å²) in [5.74, 6) is 1.45. The Hall–Kier alpha value is -4.33. The third kappa shape index (κ3) is 9.33. The van der Waals surface area contributed by atoms with Gasteiger partial charge in [-0.3, -0.25) is 5.32 Å². The number of ether oxygens (including phenoxy) is 3. The monoisotopic (exact) mass is 599 g/mol. The maximum Gasteiger partial charge on any atom is 0.514 e. The van der Waals surface area contributed by atoms with Crippen molar-refractivity contribution in [2.24, 2.45) is 0 Å². The lowest BCUT2D eigenvalue weighted by Gasteiger charge is -2.19. The molecule has 4 rings (SSSR count). The lowest BCUT2D eigenvalue weighted by molar-refractivity contribution is 0.0207. The third-order valence-electron chi connectivity index (χ3n) is 7.13. The van der Waals surface area contributed by atoms with Crippen molar-refractivity contribution in [3.63, 3.8) is 0 Å². The summed E-state index contributed by atoms with van der Waals surface area (Å²) in [5, 5.41) is 2.88. The van der Waals surface area contributed by atoms with Crippen LogP contribution >= 0.6 is 0 Å². The van der Waals surface area contributed by atoms with Gasteiger partial charge >= 0.3 is 12.2 Å². The smallest absolute Gasteiger partial charge is 0.449 e. The molecule has 234 valence electrons. The highest BCUT2D eigenvalue weighted by atomic mass is 16.7. The Morgan fingerprint density at radius 3 is 2.36 bits per heavy atom. The number of benzene rings is 3. The first kappa shape index (κ1) is 32.6. The number of aromatic nitrogens is 2. The molecule has 0 aliphatic heterocycles. The Labute approximate surface area is 260 Å². The molecule has 4 aromatic rings. The minimum atomic E-state index is -0.734. The second kappa shape index (κ2) is 15.4. The van der Waals surface area contributed by atoms with Crippen LogP contribution in [0.4, 0.5) is 15.3 Å². The molecule has 0 saturated carbocycles. The van der Waals surface area contributed by atoms with E-state index in [0.717, 1.165) is 78.5 Å². The van der Waals surface area contributed by atoms with Crippen molar-refractivity contribution in [1.82, 2.24) is 9.55 Å². The molecule has 0 saturated heterocycles. The van der Waals surface area contributed by atoms with Crippen molar-refractivity contribution < 1.29 is 23.8 Å². The van der Waals surface area contributed by atoms with Gasteiger partial charge in [0.25, 0.3) is 0 Å². The summed E-state index contributed by atoms with van der Waals surface area (Å²) >= 11 is 0. The number of nitrogens with one attached hydrogen (secondary N) is 1. The number of para-hydroxylation sites is 1. The number of carbonyl (C=O) groups excluding carboxylic acids is 2. The lowest BCUT2D eigenvalue weighted by Crippen LogP contribution is -2.26. The van der Waals surface area contributed by atoms with Crippen molar-refractivity contribution in [2.75, 3.05) is 11.9 Å². The second-order valence-electron chi connectivity index (χ2n) is 12.0. The molecule has 0 spiro atoms. The maximum absolute atomic E-state index is 12.4. The number of hydrogen-bond acceptors (Lipinski definition) is 6. The number of imidazole rings is 1. The van der Waals surface area contributed by atoms with Crippen LogP contribution in [0.3, 0.4) is 0 Å². The highest BCUT2D eigenvalue weighted by molar-refractivity contribution is 5.89. The molecule has 0 unspecified atom stereocenters. The predicted octanol–water partition coefficient (Wildman–Crippen LogP) is 9.54. The Morgan fingerprint density at radius 2 is 1.64 bits per heavy atom. The molecule has 0 atom stereocenters. The minimum absolute atomic E-state index is 0.417. The second-order valence-corrected chi connectivity index (χ2v) is 12.0. The number of amides is 1. The Kier molecular flexibility index (Phi) is 11.4. The number of unbranched alkanes of at least 4 members (excludes halogenated alkanes) is 4. The Morgan fingerprint density at radius 1 is 0.886 bits per heavy atom. The van der Waals surface area contributed by atoms with Gasteiger partial charge in [-0.25, -0.2) is 14.6 Å². The fourth-order valence-corrected chi connectivity index (χ4v) is 4.93. The maximum atomic E-state index is 12.4. The molecule has 0 radical (unpaired) electrons. The summed E-state index contributed by atoms with van der Waals surface area (Å²) < 4.78 is 18.5. The van der Waals surface area contributed by atoms with Crippen LogP contribution < -0.4 is 10.1 Å². The molecule has 8 nitrogen and oxygen atoms in total. The normalized spacial score (nSPS) is 11.4. The summed E-state index contributed by atoms with van der Waals surface area (Å²) in [6.07, 6.45) is 6.00. The fraction of sp³-hybridized carbons (Fsp3) is 0.417. The highest BCUT2D eigenvalue weighted by Crippen LogP contribution is 2.31. The van der Waals surface area contributed by atoms with Gasteiger partial charge in [-0.2, -0.15) is 0 Å². The van der Waals surface area contributed by atoms with Crippen LogP contribution in [0.5, 0.6) is 5.75 Å². The highest BCUT2D eigenvalue weighted by Gasteiger charge is 2.20. The van der Waals surface area contributed by atoms with Crippen LogP contribution in [0, 0.1) is 0 Å². The van der Waals surface area contributed by atoms with Crippen LogP contribution in [0.2, 0.25) is 0 Å². The van der Waals surface area contributed by atoms with Gasteiger partial charge < -0.3 is 18.8 Å². The minimum Gasteiger partial charge on any atom is -0.449 e. The molecule has 44 heavy (non-hydrogen) atoms. The van der Waals surface area contributed by atoms with Crippen LogP contribution in [0.1, 0.15) is 84.5 Å². The number of nitrogens with zero attached hydrogens (tertiary/aromatic N) is 2. The van der Waals surface area contributed by atoms with Crippen molar-refractivity contribution in [3.05, 3.63) is 78.1 Å². The van der Waals surface area contributed by atoms with Gasteiger partial charge in [-0.1, -0.05) is 82.0 Å². The summed E-state index contributed by atoms with van der Waals surface area (Å²) in [6, 6.07) is 21.4. The van der Waals surface area contributed by atoms with Gasteiger partial charge in [-0.15, -0.1) is 0 Å². The number of aryl methyl sites for hydroxylation is 1. The molecule has 0 bridgehead atoms. The molecule has 0 fully saturated rings. The van der Waals surface area contributed by atoms with E-state index in [9.17, 15) is 9.59 Å². The van der Waals surface area contributed by atoms with E-state index in [1.807, 2.05) is 48.5 Å². The van der Waals surface area contributed by atoms with E-state index in [4.69, 9.17) is 19.2 Å². The number of rotatable bonds is 13. The van der Waals surface area contributed by atoms with E-state index < -0.39 is 17.8 Å². The molecule has 0 aliphatic carbocycles. The fourth-order valence-electron chi connectivity index (χ4n) is 4.93. The molecule has 1 N–H and O–H groups in total. The Balaban J connectivity index is 1.53. The first-order valence-corrected chi connectivity index (χ1v) is 15.7. The van der Waals surface area contributed by atoms with Gasteiger partial charge in [-0.05, 0) is 69.0 Å². The topological polar surface area (TPSA) is 91.7 Å². The summed E-state index contributed by atoms with van der Waals surface area (Å²) in [7, 11) is 0. The van der Waals surface area contributed by atoms with Crippen LogP contribution in [0.25, 0.3) is 22.2 Å². The van der Waals surface area contributed by atoms with Gasteiger partial charge in [0.05, 0.1) is 17.6 Å². The van der Waals surface area contributed by atoms with E-state index in [0.29, 0.717) is 24.6 Å². The molecule has 1 heterocycles. The standard InChI is InChI=1S/C36H45N3O5/c1-6-8-10-13-23-42-34(40)37-28-21-22-30-31(24-28)39(33(38-30)16-9-7-2)25-26-17-19-27(20-18-26)29-14-11-12-15-32(29)43-35(41)44-36(3,4)5/h11-12,14-15,17-22,24H,6-10,13,16,23,25H2,1-5H3,(H,37,40). The number of anilines is 1. The van der Waals surface area contributed by atoms with E-state index in [-0.39, 0.29) is 0 Å². The predicted molar refractivity (Wildman–Crippen MR) is 175 cm³/mol. The third-order valence-corrected chi connectivity index (χ3v) is 7.13. The van der Waals surface area contributed by atoms with Gasteiger partial charge in [0.1, 0.15) is 17.2 Å². The first-order valence-electron chi connectivity index (χ1n) is 15.7. The van der Waals surface area contributed by atoms with Crippen molar-refractivity contribution in [3.8, 4) is 16.9 Å². The van der Waals surface area contributed by atoms with Gasteiger partial charge in [0.15, 0.2) is 0 Å². The average molecular weight is 600 g/mol. The zero-order chi connectivity index (χ0) is 31.5. The van der Waals surface area contributed by atoms with Gasteiger partial charge in [0, 0.05) is 24.2 Å². The van der Waals surface area contributed by atoms with Gasteiger partial charge in [0.2, 0.25) is 0 Å². The van der Waals surface area contributed by atoms with E-state index >= 15 is 0 Å². The number of hydrogen-bond donors (Lipinski definition) is 1. The summed E-state index contributed by atoms with van der Waals surface area (Å²) in [6.45, 7) is 10.8. The number of carbonyl (C=O) groups is 2. The van der Waals surface area contributed by atoms with E-state index in [1.165, 1.54) is 0 Å². The van der Waals surface area contributed by atoms with Crippen LogP contribution in [-0.2, 0) is 22.4 Å². The molecule has 3 aromatic carbocycles. The quantitative estimate of drug-likeness (QED) is 0.0935. The average Bonchev–Trinajstić information content (AvgIpc) is 3.32. The molecule has 0 aliphatic rings. The van der Waals surface area contributed by atoms with Crippen molar-refractivity contribution in [1.29, 1.82) is 0 Å². The molecule has 8 heteroatoms. The summed E-state index contributed by atoms with van der Waals surface area (Å²) in [5.41, 5.74) is 4.70. The van der Waals surface area contributed by atoms with Crippen molar-refractivity contribution in [2.45, 2.75) is 91.7 Å². The molecule has 1 aromatic heterocycles. The molecular formula is C36H45N3O5. The number of fused-ring (bicyclic) bond motifs is 1. The lowest BCUT2D eigenvalue weighted by atomic mass is 10.0. The largest absolute Gasteiger partial charge is 0.514 e. The molecular weight excluding hydrogens is 554 g/mol. The van der Waals surface area contributed by atoms with Crippen molar-refractivity contribution >= 4 is 29.0 Å². The summed E-state index contributed by atoms with van der Waals surface area (Å²) in [4.78, 5) is 29.7. The Bertz CT molecular complexity index is 1540.